The van der Waals surface area contributed by atoms with Crippen LogP contribution in [0.15, 0.2) is 5.11 Å². The highest BCUT2D eigenvalue weighted by Crippen LogP contribution is 2.12. The van der Waals surface area contributed by atoms with Crippen molar-refractivity contribution in [3.63, 3.8) is 0 Å². The van der Waals surface area contributed by atoms with E-state index in [2.05, 4.69) is 10.0 Å². The number of rotatable bonds is 2. The van der Waals surface area contributed by atoms with Crippen molar-refractivity contribution in [1.82, 2.24) is 0 Å². The van der Waals surface area contributed by atoms with Crippen LogP contribution in [0.25, 0.3) is 10.4 Å². The molecule has 48 valence electrons. The lowest BCUT2D eigenvalue weighted by molar-refractivity contribution is 0.510. The van der Waals surface area contributed by atoms with Gasteiger partial charge in [-0.1, -0.05) is 5.11 Å². The molecule has 0 fully saturated rings. The fourth-order valence-electron chi connectivity index (χ4n) is 0.244. The molecule has 0 amide bonds. The smallest absolute Gasteiger partial charge is 0.0685 e. The molecular weight excluding hydrogens is 116 g/mol. The second-order valence-corrected chi connectivity index (χ2v) is 2.38. The van der Waals surface area contributed by atoms with Crippen molar-refractivity contribution < 1.29 is 0 Å². The molecule has 0 saturated carbocycles. The van der Waals surface area contributed by atoms with Gasteiger partial charge in [-0.3, -0.25) is 0 Å². The SMILES string of the molecule is CC(C)(C#N)CN=[N+]=[N-]. The van der Waals surface area contributed by atoms with E-state index in [0.29, 0.717) is 0 Å². The first kappa shape index (κ1) is 7.80. The van der Waals surface area contributed by atoms with Crippen LogP contribution in [0, 0.1) is 16.7 Å². The Bertz CT molecular complexity index is 170. The van der Waals surface area contributed by atoms with Crippen molar-refractivity contribution in [1.29, 1.82) is 5.26 Å². The van der Waals surface area contributed by atoms with E-state index in [1.807, 2.05) is 6.07 Å². The highest BCUT2D eigenvalue weighted by Gasteiger charge is 2.13. The topological polar surface area (TPSA) is 72.5 Å². The van der Waals surface area contributed by atoms with Crippen molar-refractivity contribution in [2.75, 3.05) is 6.54 Å². The summed E-state index contributed by atoms with van der Waals surface area (Å²) in [5, 5.41) is 11.7. The maximum Gasteiger partial charge on any atom is 0.0685 e. The van der Waals surface area contributed by atoms with Gasteiger partial charge in [-0.05, 0) is 19.4 Å². The predicted molar refractivity (Wildman–Crippen MR) is 33.4 cm³/mol. The van der Waals surface area contributed by atoms with Crippen LogP contribution >= 0.6 is 0 Å². The minimum absolute atomic E-state index is 0.236. The van der Waals surface area contributed by atoms with E-state index in [-0.39, 0.29) is 6.54 Å². The Morgan fingerprint density at radius 1 is 1.78 bits per heavy atom. The summed E-state index contributed by atoms with van der Waals surface area (Å²) in [4.78, 5) is 2.54. The summed E-state index contributed by atoms with van der Waals surface area (Å²) in [6, 6.07) is 2.01. The average molecular weight is 124 g/mol. The predicted octanol–water partition coefficient (Wildman–Crippen LogP) is 1.85. The maximum atomic E-state index is 8.39. The number of nitriles is 1. The fourth-order valence-corrected chi connectivity index (χ4v) is 0.244. The molecule has 0 N–H and O–H groups in total. The maximum absolute atomic E-state index is 8.39. The number of nitrogens with zero attached hydrogens (tertiary/aromatic N) is 4. The van der Waals surface area contributed by atoms with Crippen LogP contribution in [-0.2, 0) is 0 Å². The van der Waals surface area contributed by atoms with Gasteiger partial charge < -0.3 is 0 Å². The van der Waals surface area contributed by atoms with Gasteiger partial charge in [-0.2, -0.15) is 5.26 Å². The molecule has 0 rings (SSSR count). The van der Waals surface area contributed by atoms with Gasteiger partial charge in [0.05, 0.1) is 11.5 Å². The van der Waals surface area contributed by atoms with Gasteiger partial charge in [0, 0.05) is 11.5 Å². The number of hydrogen-bond acceptors (Lipinski definition) is 2. The van der Waals surface area contributed by atoms with Gasteiger partial charge in [0.25, 0.3) is 0 Å². The Morgan fingerprint density at radius 2 is 2.33 bits per heavy atom. The molecule has 4 nitrogen and oxygen atoms in total. The van der Waals surface area contributed by atoms with Crippen LogP contribution < -0.4 is 0 Å². The summed E-state index contributed by atoms with van der Waals surface area (Å²) in [5.41, 5.74) is 7.35. The molecule has 0 aliphatic heterocycles. The van der Waals surface area contributed by atoms with Crippen LogP contribution in [0.4, 0.5) is 0 Å². The van der Waals surface area contributed by atoms with Crippen LogP contribution in [0.5, 0.6) is 0 Å². The first-order valence-corrected chi connectivity index (χ1v) is 2.54. The third-order valence-corrected chi connectivity index (χ3v) is 0.832. The molecule has 0 aromatic rings. The van der Waals surface area contributed by atoms with Gasteiger partial charge in [-0.25, -0.2) is 0 Å². The minimum Gasteiger partial charge on any atom is -0.198 e. The van der Waals surface area contributed by atoms with E-state index >= 15 is 0 Å². The quantitative estimate of drug-likeness (QED) is 0.314. The molecular formula is C5H8N4. The molecule has 0 saturated heterocycles. The molecule has 0 aliphatic carbocycles. The molecule has 0 atom stereocenters. The average Bonchev–Trinajstić information content (AvgIpc) is 1.84. The van der Waals surface area contributed by atoms with Gasteiger partial charge >= 0.3 is 0 Å². The highest BCUT2D eigenvalue weighted by atomic mass is 15.1. The second kappa shape index (κ2) is 2.95. The van der Waals surface area contributed by atoms with Crippen LogP contribution in [0.2, 0.25) is 0 Å². The Morgan fingerprint density at radius 3 is 2.67 bits per heavy atom. The van der Waals surface area contributed by atoms with Crippen molar-refractivity contribution in [3.8, 4) is 6.07 Å². The lowest BCUT2D eigenvalue weighted by atomic mass is 9.97. The van der Waals surface area contributed by atoms with Crippen molar-refractivity contribution in [2.45, 2.75) is 13.8 Å². The first-order chi connectivity index (χ1) is 4.12. The molecule has 0 heterocycles. The monoisotopic (exact) mass is 124 g/mol. The van der Waals surface area contributed by atoms with E-state index in [0.717, 1.165) is 0 Å². The summed E-state index contributed by atoms with van der Waals surface area (Å²) in [6.07, 6.45) is 0. The number of hydrogen-bond donors (Lipinski definition) is 0. The standard InChI is InChI=1S/C5H8N4/c1-5(2,3-6)4-8-9-7/h4H2,1-2H3. The van der Waals surface area contributed by atoms with Crippen LogP contribution in [0.1, 0.15) is 13.8 Å². The highest BCUT2D eigenvalue weighted by molar-refractivity contribution is 4.93. The van der Waals surface area contributed by atoms with E-state index < -0.39 is 5.41 Å². The zero-order valence-electron chi connectivity index (χ0n) is 5.50. The molecule has 0 aliphatic rings. The normalized spacial score (nSPS) is 9.44. The van der Waals surface area contributed by atoms with Crippen molar-refractivity contribution >= 4 is 0 Å². The van der Waals surface area contributed by atoms with Gasteiger partial charge in [0.1, 0.15) is 0 Å². The minimum atomic E-state index is -0.522. The van der Waals surface area contributed by atoms with E-state index in [4.69, 9.17) is 10.8 Å². The molecule has 0 unspecified atom stereocenters. The summed E-state index contributed by atoms with van der Waals surface area (Å²) in [5.74, 6) is 0. The summed E-state index contributed by atoms with van der Waals surface area (Å²) in [7, 11) is 0. The lowest BCUT2D eigenvalue weighted by Crippen LogP contribution is -2.11. The number of azide groups is 1. The molecule has 0 aromatic heterocycles. The van der Waals surface area contributed by atoms with E-state index in [9.17, 15) is 0 Å². The fraction of sp³-hybridized carbons (Fsp3) is 0.800. The van der Waals surface area contributed by atoms with Crippen molar-refractivity contribution in [2.24, 2.45) is 10.5 Å². The third kappa shape index (κ3) is 3.39. The molecule has 0 spiro atoms. The molecule has 0 aromatic carbocycles. The zero-order valence-corrected chi connectivity index (χ0v) is 5.50. The summed E-state index contributed by atoms with van der Waals surface area (Å²) in [6.45, 7) is 3.68. The van der Waals surface area contributed by atoms with Crippen LogP contribution in [-0.4, -0.2) is 6.54 Å². The zero-order chi connectivity index (χ0) is 7.33. The van der Waals surface area contributed by atoms with E-state index in [1.54, 1.807) is 13.8 Å². The molecule has 4 heteroatoms. The van der Waals surface area contributed by atoms with E-state index in [1.165, 1.54) is 0 Å². The Balaban J connectivity index is 3.90. The molecule has 9 heavy (non-hydrogen) atoms. The third-order valence-electron chi connectivity index (χ3n) is 0.832. The lowest BCUT2D eigenvalue weighted by Gasteiger charge is -2.08. The van der Waals surface area contributed by atoms with Gasteiger partial charge in [0.2, 0.25) is 0 Å². The van der Waals surface area contributed by atoms with Crippen LogP contribution in [0.3, 0.4) is 0 Å². The van der Waals surface area contributed by atoms with Crippen molar-refractivity contribution in [3.05, 3.63) is 10.4 Å². The second-order valence-electron chi connectivity index (χ2n) is 2.38. The van der Waals surface area contributed by atoms with Gasteiger partial charge in [0.15, 0.2) is 0 Å². The Labute approximate surface area is 53.7 Å². The summed E-state index contributed by atoms with van der Waals surface area (Å²) >= 11 is 0. The first-order valence-electron chi connectivity index (χ1n) is 2.54. The Kier molecular flexibility index (Phi) is 2.56. The Hall–Kier alpha value is -1.20. The molecule has 0 bridgehead atoms. The largest absolute Gasteiger partial charge is 0.198 e. The molecule has 0 radical (unpaired) electrons. The van der Waals surface area contributed by atoms with Gasteiger partial charge in [-0.15, -0.1) is 0 Å². The summed E-state index contributed by atoms with van der Waals surface area (Å²) < 4.78 is 0.